The normalized spacial score (nSPS) is 21.0. The smallest absolute Gasteiger partial charge is 0.0521 e. The molecule has 84 valence electrons. The molecule has 1 fully saturated rings. The number of rotatable bonds is 5. The molecule has 4 heteroatoms. The van der Waals surface area contributed by atoms with Crippen molar-refractivity contribution in [2.45, 2.75) is 25.8 Å². The third-order valence-corrected chi connectivity index (χ3v) is 2.78. The Kier molecular flexibility index (Phi) is 3.75. The van der Waals surface area contributed by atoms with Crippen molar-refractivity contribution in [1.29, 1.82) is 0 Å². The molecule has 4 nitrogen and oxygen atoms in total. The van der Waals surface area contributed by atoms with Gasteiger partial charge in [-0.05, 0) is 24.8 Å². The molecule has 0 radical (unpaired) electrons. The first-order valence-corrected chi connectivity index (χ1v) is 5.58. The summed E-state index contributed by atoms with van der Waals surface area (Å²) in [7, 11) is 0. The van der Waals surface area contributed by atoms with Gasteiger partial charge < -0.3 is 9.84 Å². The molecule has 1 aliphatic heterocycles. The molecule has 0 aliphatic carbocycles. The van der Waals surface area contributed by atoms with E-state index in [0.717, 1.165) is 39.0 Å². The molecular weight excluding hydrogens is 192 g/mol. The van der Waals surface area contributed by atoms with E-state index < -0.39 is 0 Å². The summed E-state index contributed by atoms with van der Waals surface area (Å²) in [6.07, 6.45) is 6.85. The predicted molar refractivity (Wildman–Crippen MR) is 56.6 cm³/mol. The lowest BCUT2D eigenvalue weighted by atomic mass is 10.1. The van der Waals surface area contributed by atoms with Gasteiger partial charge in [0.1, 0.15) is 0 Å². The Labute approximate surface area is 89.9 Å². The zero-order chi connectivity index (χ0) is 10.5. The molecule has 1 unspecified atom stereocenters. The van der Waals surface area contributed by atoms with Gasteiger partial charge in [-0.1, -0.05) is 0 Å². The first kappa shape index (κ1) is 10.6. The SMILES string of the molecule is OCCCc1cnn(CC2CCOC2)c1. The summed E-state index contributed by atoms with van der Waals surface area (Å²) in [5, 5.41) is 13.0. The Hall–Kier alpha value is -0.870. The van der Waals surface area contributed by atoms with Crippen LogP contribution >= 0.6 is 0 Å². The lowest BCUT2D eigenvalue weighted by Gasteiger charge is -2.06. The van der Waals surface area contributed by atoms with Gasteiger partial charge in [-0.3, -0.25) is 4.68 Å². The van der Waals surface area contributed by atoms with E-state index >= 15 is 0 Å². The highest BCUT2D eigenvalue weighted by molar-refractivity contribution is 5.03. The Morgan fingerprint density at radius 1 is 1.60 bits per heavy atom. The van der Waals surface area contributed by atoms with Crippen molar-refractivity contribution in [2.24, 2.45) is 5.92 Å². The van der Waals surface area contributed by atoms with Crippen molar-refractivity contribution in [3.8, 4) is 0 Å². The molecule has 15 heavy (non-hydrogen) atoms. The molecule has 1 aliphatic rings. The maximum absolute atomic E-state index is 8.72. The van der Waals surface area contributed by atoms with E-state index in [0.29, 0.717) is 5.92 Å². The highest BCUT2D eigenvalue weighted by Gasteiger charge is 2.16. The van der Waals surface area contributed by atoms with Crippen LogP contribution in [0, 0.1) is 5.92 Å². The van der Waals surface area contributed by atoms with Crippen molar-refractivity contribution in [1.82, 2.24) is 9.78 Å². The van der Waals surface area contributed by atoms with Gasteiger partial charge in [0.15, 0.2) is 0 Å². The van der Waals surface area contributed by atoms with Crippen LogP contribution in [-0.4, -0.2) is 34.7 Å². The maximum Gasteiger partial charge on any atom is 0.0521 e. The summed E-state index contributed by atoms with van der Waals surface area (Å²) in [5.74, 6) is 0.621. The largest absolute Gasteiger partial charge is 0.396 e. The summed E-state index contributed by atoms with van der Waals surface area (Å²) in [6, 6.07) is 0. The fourth-order valence-corrected chi connectivity index (χ4v) is 1.91. The third-order valence-electron chi connectivity index (χ3n) is 2.78. The van der Waals surface area contributed by atoms with Crippen LogP contribution in [-0.2, 0) is 17.7 Å². The van der Waals surface area contributed by atoms with Crippen molar-refractivity contribution < 1.29 is 9.84 Å². The number of aryl methyl sites for hydroxylation is 1. The molecule has 0 spiro atoms. The first-order valence-electron chi connectivity index (χ1n) is 5.58. The molecule has 0 aromatic carbocycles. The standard InChI is InChI=1S/C11H18N2O2/c14-4-1-2-10-6-12-13(7-10)8-11-3-5-15-9-11/h6-7,11,14H,1-5,8-9H2. The van der Waals surface area contributed by atoms with E-state index in [9.17, 15) is 0 Å². The average molecular weight is 210 g/mol. The number of ether oxygens (including phenoxy) is 1. The van der Waals surface area contributed by atoms with Crippen molar-refractivity contribution in [3.63, 3.8) is 0 Å². The van der Waals surface area contributed by atoms with Crippen LogP contribution in [0.15, 0.2) is 12.4 Å². The number of nitrogens with zero attached hydrogens (tertiary/aromatic N) is 2. The summed E-state index contributed by atoms with van der Waals surface area (Å²) in [4.78, 5) is 0. The van der Waals surface area contributed by atoms with Gasteiger partial charge in [0.25, 0.3) is 0 Å². The van der Waals surface area contributed by atoms with Crippen molar-refractivity contribution >= 4 is 0 Å². The molecule has 0 saturated carbocycles. The monoisotopic (exact) mass is 210 g/mol. The van der Waals surface area contributed by atoms with E-state index in [1.807, 2.05) is 10.9 Å². The van der Waals surface area contributed by atoms with Crippen LogP contribution in [0.25, 0.3) is 0 Å². The topological polar surface area (TPSA) is 47.3 Å². The highest BCUT2D eigenvalue weighted by Crippen LogP contribution is 2.14. The molecule has 2 heterocycles. The van der Waals surface area contributed by atoms with E-state index in [1.165, 1.54) is 5.56 Å². The van der Waals surface area contributed by atoms with Gasteiger partial charge >= 0.3 is 0 Å². The summed E-state index contributed by atoms with van der Waals surface area (Å²) in [5.41, 5.74) is 1.21. The van der Waals surface area contributed by atoms with E-state index in [4.69, 9.17) is 9.84 Å². The second-order valence-corrected chi connectivity index (χ2v) is 4.13. The molecule has 1 N–H and O–H groups in total. The minimum absolute atomic E-state index is 0.252. The van der Waals surface area contributed by atoms with Crippen LogP contribution in [0.3, 0.4) is 0 Å². The highest BCUT2D eigenvalue weighted by atomic mass is 16.5. The summed E-state index contributed by atoms with van der Waals surface area (Å²) in [6.45, 7) is 2.97. The molecule has 0 amide bonds. The molecule has 1 aromatic heterocycles. The quantitative estimate of drug-likeness (QED) is 0.783. The molecule has 1 atom stereocenters. The number of hydrogen-bond donors (Lipinski definition) is 1. The number of hydrogen-bond acceptors (Lipinski definition) is 3. The fraction of sp³-hybridized carbons (Fsp3) is 0.727. The second kappa shape index (κ2) is 5.28. The Balaban J connectivity index is 1.83. The van der Waals surface area contributed by atoms with Crippen LogP contribution in [0.2, 0.25) is 0 Å². The number of aliphatic hydroxyl groups is 1. The molecule has 0 bridgehead atoms. The van der Waals surface area contributed by atoms with Gasteiger partial charge in [-0.25, -0.2) is 0 Å². The lowest BCUT2D eigenvalue weighted by molar-refractivity contribution is 0.181. The van der Waals surface area contributed by atoms with E-state index in [-0.39, 0.29) is 6.61 Å². The molecule has 1 aromatic rings. The first-order chi connectivity index (χ1) is 7.38. The molecule has 1 saturated heterocycles. The fourth-order valence-electron chi connectivity index (χ4n) is 1.91. The Morgan fingerprint density at radius 2 is 2.53 bits per heavy atom. The van der Waals surface area contributed by atoms with E-state index in [2.05, 4.69) is 11.3 Å². The van der Waals surface area contributed by atoms with Gasteiger partial charge in [0.05, 0.1) is 12.8 Å². The minimum atomic E-state index is 0.252. The second-order valence-electron chi connectivity index (χ2n) is 4.13. The average Bonchev–Trinajstić information content (AvgIpc) is 2.87. The predicted octanol–water partition coefficient (Wildman–Crippen LogP) is 0.845. The van der Waals surface area contributed by atoms with Gasteiger partial charge in [0, 0.05) is 31.9 Å². The lowest BCUT2D eigenvalue weighted by Crippen LogP contribution is -2.10. The van der Waals surface area contributed by atoms with Crippen LogP contribution < -0.4 is 0 Å². The summed E-state index contributed by atoms with van der Waals surface area (Å²) < 4.78 is 7.32. The van der Waals surface area contributed by atoms with E-state index in [1.54, 1.807) is 0 Å². The zero-order valence-corrected chi connectivity index (χ0v) is 8.93. The van der Waals surface area contributed by atoms with Crippen LogP contribution in [0.5, 0.6) is 0 Å². The van der Waals surface area contributed by atoms with Gasteiger partial charge in [-0.15, -0.1) is 0 Å². The summed E-state index contributed by atoms with van der Waals surface area (Å²) >= 11 is 0. The minimum Gasteiger partial charge on any atom is -0.396 e. The van der Waals surface area contributed by atoms with Crippen molar-refractivity contribution in [3.05, 3.63) is 18.0 Å². The third kappa shape index (κ3) is 3.04. The molecular formula is C11H18N2O2. The zero-order valence-electron chi connectivity index (χ0n) is 8.93. The maximum atomic E-state index is 8.72. The Bertz CT molecular complexity index is 293. The van der Waals surface area contributed by atoms with Crippen molar-refractivity contribution in [2.75, 3.05) is 19.8 Å². The van der Waals surface area contributed by atoms with Gasteiger partial charge in [-0.2, -0.15) is 5.10 Å². The Morgan fingerprint density at radius 3 is 3.27 bits per heavy atom. The number of aliphatic hydroxyl groups excluding tert-OH is 1. The number of aromatic nitrogens is 2. The van der Waals surface area contributed by atoms with Gasteiger partial charge in [0.2, 0.25) is 0 Å². The van der Waals surface area contributed by atoms with Crippen LogP contribution in [0.4, 0.5) is 0 Å². The molecule has 2 rings (SSSR count). The van der Waals surface area contributed by atoms with Crippen LogP contribution in [0.1, 0.15) is 18.4 Å².